The SMILES string of the molecule is N#Cc1cc(-c2ccccc2)ncc1Cl.[Pd].c1ccc(P(c2ccccc2)c2ccccc2)cc1.c1ccc(P(c2ccccc2)c2ccccc2)cc1.c1ccc(P(c2ccccc2)c2ccccc2)cc1.c1ccc(P(c2ccccc2)c2ccccc2)cc1. The maximum absolute atomic E-state index is 8.83. The van der Waals surface area contributed by atoms with Gasteiger partial charge in [0.1, 0.15) is 6.07 Å². The summed E-state index contributed by atoms with van der Waals surface area (Å²) in [4.78, 5) is 4.17. The van der Waals surface area contributed by atoms with E-state index in [0.29, 0.717) is 10.6 Å². The van der Waals surface area contributed by atoms with Crippen molar-refractivity contribution in [2.24, 2.45) is 0 Å². The molecule has 0 unspecified atom stereocenters. The molecule has 1 heterocycles. The van der Waals surface area contributed by atoms with Crippen molar-refractivity contribution < 1.29 is 20.4 Å². The first-order valence-electron chi connectivity index (χ1n) is 30.0. The number of halogens is 1. The van der Waals surface area contributed by atoms with Gasteiger partial charge in [-0.15, -0.1) is 0 Å². The van der Waals surface area contributed by atoms with Gasteiger partial charge in [-0.1, -0.05) is 406 Å². The monoisotopic (exact) mass is 1370 g/mol. The van der Waals surface area contributed by atoms with E-state index >= 15 is 0 Å². The topological polar surface area (TPSA) is 36.7 Å². The zero-order chi connectivity index (χ0) is 62.3. The van der Waals surface area contributed by atoms with Crippen molar-refractivity contribution >= 4 is 107 Å². The summed E-state index contributed by atoms with van der Waals surface area (Å²) in [6.07, 6.45) is 1.50. The van der Waals surface area contributed by atoms with E-state index in [4.69, 9.17) is 16.9 Å². The number of hydrogen-bond donors (Lipinski definition) is 0. The minimum absolute atomic E-state index is 0. The summed E-state index contributed by atoms with van der Waals surface area (Å²) in [5, 5.41) is 26.0. The maximum Gasteiger partial charge on any atom is 0.101 e. The molecular formula is C84H67ClN2P4Pd. The van der Waals surface area contributed by atoms with Gasteiger partial charge in [-0.05, 0) is 101 Å². The minimum atomic E-state index is -0.446. The largest absolute Gasteiger partial charge is 0.255 e. The molecule has 0 atom stereocenters. The number of nitriles is 1. The predicted octanol–water partition coefficient (Wildman–Crippen LogP) is 17.1. The van der Waals surface area contributed by atoms with Crippen LogP contribution >= 0.6 is 43.3 Å². The second kappa shape index (κ2) is 37.5. The number of benzene rings is 13. The first-order chi connectivity index (χ1) is 45.1. The standard InChI is InChI=1S/4C18H15P.C12H7ClN2.Pd/c4*1-4-10-16(11-5-1)19(17-12-6-2-7-13-17)18-14-8-3-9-15-18;13-11-8-15-12(6-10(11)7-14)9-4-2-1-3-5-9;/h4*1-15H;1-6,8H;. The molecule has 450 valence electrons. The van der Waals surface area contributed by atoms with Crippen LogP contribution in [0.3, 0.4) is 0 Å². The molecule has 14 rings (SSSR count). The molecule has 0 aliphatic rings. The first-order valence-corrected chi connectivity index (χ1v) is 35.8. The van der Waals surface area contributed by atoms with Gasteiger partial charge in [-0.25, -0.2) is 0 Å². The molecule has 0 N–H and O–H groups in total. The Kier molecular flexibility index (Phi) is 27.5. The number of nitrogens with zero attached hydrogens (tertiary/aromatic N) is 2. The van der Waals surface area contributed by atoms with Crippen LogP contribution in [0.1, 0.15) is 5.56 Å². The van der Waals surface area contributed by atoms with Gasteiger partial charge in [-0.2, -0.15) is 5.26 Å². The smallest absolute Gasteiger partial charge is 0.101 e. The zero-order valence-electron chi connectivity index (χ0n) is 50.6. The molecule has 0 spiro atoms. The molecule has 2 nitrogen and oxygen atoms in total. The Balaban J connectivity index is 0.000000136. The van der Waals surface area contributed by atoms with Gasteiger partial charge in [0.25, 0.3) is 0 Å². The average Bonchev–Trinajstić information content (AvgIpc) is 1.52. The van der Waals surface area contributed by atoms with Crippen LogP contribution in [-0.4, -0.2) is 4.98 Å². The Morgan fingerprint density at radius 1 is 0.239 bits per heavy atom. The first kappa shape index (κ1) is 67.6. The second-order valence-electron chi connectivity index (χ2n) is 20.4. The summed E-state index contributed by atoms with van der Waals surface area (Å²) in [6, 6.07) is 143. The Labute approximate surface area is 567 Å². The molecule has 1 aromatic heterocycles. The van der Waals surface area contributed by atoms with Crippen molar-refractivity contribution in [3.63, 3.8) is 0 Å². The van der Waals surface area contributed by atoms with E-state index in [-0.39, 0.29) is 20.4 Å². The van der Waals surface area contributed by atoms with Gasteiger partial charge in [0.2, 0.25) is 0 Å². The van der Waals surface area contributed by atoms with E-state index in [1.807, 2.05) is 36.4 Å². The number of hydrogen-bond acceptors (Lipinski definition) is 2. The van der Waals surface area contributed by atoms with Crippen molar-refractivity contribution in [2.45, 2.75) is 0 Å². The van der Waals surface area contributed by atoms with Crippen LogP contribution in [0, 0.1) is 11.3 Å². The van der Waals surface area contributed by atoms with Crippen molar-refractivity contribution in [3.8, 4) is 17.3 Å². The van der Waals surface area contributed by atoms with E-state index < -0.39 is 31.7 Å². The third-order valence-corrected chi connectivity index (χ3v) is 24.3. The summed E-state index contributed by atoms with van der Waals surface area (Å²) in [6.45, 7) is 0. The van der Waals surface area contributed by atoms with Crippen LogP contribution in [-0.2, 0) is 20.4 Å². The van der Waals surface area contributed by atoms with E-state index in [9.17, 15) is 0 Å². The Morgan fingerprint density at radius 2 is 0.391 bits per heavy atom. The van der Waals surface area contributed by atoms with Crippen LogP contribution in [0.15, 0.2) is 407 Å². The summed E-state index contributed by atoms with van der Waals surface area (Å²) in [5.41, 5.74) is 2.19. The molecule has 13 aromatic carbocycles. The minimum Gasteiger partial charge on any atom is -0.255 e. The molecule has 0 saturated heterocycles. The Hall–Kier alpha value is -8.83. The summed E-state index contributed by atoms with van der Waals surface area (Å²) in [5.74, 6) is 0. The predicted molar refractivity (Wildman–Crippen MR) is 400 cm³/mol. The molecule has 0 aliphatic heterocycles. The summed E-state index contributed by atoms with van der Waals surface area (Å²) < 4.78 is 0. The van der Waals surface area contributed by atoms with E-state index in [1.165, 1.54) is 69.9 Å². The number of aromatic nitrogens is 1. The fourth-order valence-corrected chi connectivity index (χ4v) is 19.4. The molecule has 0 aliphatic carbocycles. The van der Waals surface area contributed by atoms with Crippen molar-refractivity contribution in [1.82, 2.24) is 4.98 Å². The molecule has 0 saturated carbocycles. The fourth-order valence-electron chi connectivity index (χ4n) is 10.0. The number of pyridine rings is 1. The average molecular weight is 1370 g/mol. The molecular weight excluding hydrogens is 1300 g/mol. The van der Waals surface area contributed by atoms with Crippen LogP contribution in [0.5, 0.6) is 0 Å². The molecule has 92 heavy (non-hydrogen) atoms. The Bertz CT molecular complexity index is 3480. The van der Waals surface area contributed by atoms with Gasteiger partial charge < -0.3 is 0 Å². The van der Waals surface area contributed by atoms with E-state index in [1.54, 1.807) is 6.07 Å². The summed E-state index contributed by atoms with van der Waals surface area (Å²) in [7, 11) is -1.78. The molecule has 0 fully saturated rings. The van der Waals surface area contributed by atoms with Crippen LogP contribution in [0.4, 0.5) is 0 Å². The van der Waals surface area contributed by atoms with Crippen molar-refractivity contribution in [1.29, 1.82) is 5.26 Å². The third-order valence-electron chi connectivity index (χ3n) is 14.2. The van der Waals surface area contributed by atoms with Gasteiger partial charge in [0.05, 0.1) is 16.3 Å². The van der Waals surface area contributed by atoms with Crippen molar-refractivity contribution in [2.75, 3.05) is 0 Å². The molecule has 8 heteroatoms. The van der Waals surface area contributed by atoms with E-state index in [2.05, 4.69) is 369 Å². The maximum atomic E-state index is 8.83. The quantitative estimate of drug-likeness (QED) is 0.0852. The third kappa shape index (κ3) is 19.8. The normalized spacial score (nSPS) is 10.3. The van der Waals surface area contributed by atoms with Crippen LogP contribution in [0.2, 0.25) is 5.02 Å². The van der Waals surface area contributed by atoms with E-state index in [0.717, 1.165) is 11.3 Å². The number of rotatable bonds is 13. The fraction of sp³-hybridized carbons (Fsp3) is 0. The van der Waals surface area contributed by atoms with Gasteiger partial charge in [0.15, 0.2) is 0 Å². The molecule has 0 amide bonds. The van der Waals surface area contributed by atoms with Gasteiger partial charge >= 0.3 is 0 Å². The van der Waals surface area contributed by atoms with Crippen LogP contribution < -0.4 is 63.7 Å². The van der Waals surface area contributed by atoms with Gasteiger partial charge in [0, 0.05) is 32.2 Å². The van der Waals surface area contributed by atoms with Crippen LogP contribution in [0.25, 0.3) is 11.3 Å². The second-order valence-corrected chi connectivity index (χ2v) is 29.7. The molecule has 14 aromatic rings. The van der Waals surface area contributed by atoms with Gasteiger partial charge in [-0.3, -0.25) is 4.98 Å². The van der Waals surface area contributed by atoms with Crippen molar-refractivity contribution in [3.05, 3.63) is 417 Å². The molecule has 0 radical (unpaired) electrons. The molecule has 0 bridgehead atoms. The summed E-state index contributed by atoms with van der Waals surface area (Å²) >= 11 is 5.80. The zero-order valence-corrected chi connectivity index (χ0v) is 56.4. The Morgan fingerprint density at radius 3 is 0.543 bits per heavy atom.